The Bertz CT molecular complexity index is 641. The Labute approximate surface area is 127 Å². The Balaban J connectivity index is 2.20. The summed E-state index contributed by atoms with van der Waals surface area (Å²) in [4.78, 5) is 9.89. The van der Waals surface area contributed by atoms with Crippen LogP contribution in [0.2, 0.25) is 5.02 Å². The Morgan fingerprint density at radius 3 is 2.48 bits per heavy atom. The van der Waals surface area contributed by atoms with Gasteiger partial charge in [-0.05, 0) is 37.8 Å². The molecule has 1 aromatic rings. The molecule has 1 fully saturated rings. The average molecular weight is 335 g/mol. The smallest absolute Gasteiger partial charge is 0.289 e. The van der Waals surface area contributed by atoms with Crippen LogP contribution in [0.4, 0.5) is 5.69 Å². The van der Waals surface area contributed by atoms with Crippen molar-refractivity contribution in [3.8, 4) is 0 Å². The Kier molecular flexibility index (Phi) is 4.82. The first-order valence-electron chi connectivity index (χ1n) is 6.44. The molecule has 1 aromatic carbocycles. The molecule has 9 heteroatoms. The molecular weight excluding hydrogens is 320 g/mol. The maximum absolute atomic E-state index is 12.2. The van der Waals surface area contributed by atoms with Gasteiger partial charge >= 0.3 is 0 Å². The fourth-order valence-electron chi connectivity index (χ4n) is 2.28. The van der Waals surface area contributed by atoms with Crippen molar-refractivity contribution in [1.82, 2.24) is 4.72 Å². The Morgan fingerprint density at radius 1 is 1.29 bits per heavy atom. The molecule has 2 N–H and O–H groups in total. The lowest BCUT2D eigenvalue weighted by molar-refractivity contribution is -0.384. The molecule has 116 valence electrons. The predicted octanol–water partition coefficient (Wildman–Crippen LogP) is 1.83. The van der Waals surface area contributed by atoms with Gasteiger partial charge in [-0.1, -0.05) is 11.6 Å². The van der Waals surface area contributed by atoms with Gasteiger partial charge in [-0.2, -0.15) is 0 Å². The summed E-state index contributed by atoms with van der Waals surface area (Å²) in [5, 5.41) is 20.1. The normalized spacial score (nSPS) is 23.0. The van der Waals surface area contributed by atoms with E-state index in [4.69, 9.17) is 11.6 Å². The van der Waals surface area contributed by atoms with Gasteiger partial charge in [-0.3, -0.25) is 10.1 Å². The van der Waals surface area contributed by atoms with Crippen LogP contribution in [0.5, 0.6) is 0 Å². The number of aliphatic hydroxyl groups excluding tert-OH is 1. The molecule has 1 saturated carbocycles. The first-order valence-corrected chi connectivity index (χ1v) is 8.30. The summed E-state index contributed by atoms with van der Waals surface area (Å²) in [7, 11) is -3.84. The van der Waals surface area contributed by atoms with E-state index in [0.717, 1.165) is 6.07 Å². The highest BCUT2D eigenvalue weighted by Crippen LogP contribution is 2.28. The third-order valence-corrected chi connectivity index (χ3v) is 5.28. The van der Waals surface area contributed by atoms with Gasteiger partial charge in [0.05, 0.1) is 15.9 Å². The van der Waals surface area contributed by atoms with Crippen molar-refractivity contribution in [3.05, 3.63) is 33.3 Å². The van der Waals surface area contributed by atoms with Gasteiger partial charge in [-0.25, -0.2) is 13.1 Å². The number of nitro benzene ring substituents is 1. The largest absolute Gasteiger partial charge is 0.393 e. The molecule has 0 saturated heterocycles. The second-order valence-corrected chi connectivity index (χ2v) is 7.12. The number of sulfonamides is 1. The van der Waals surface area contributed by atoms with Gasteiger partial charge in [0.15, 0.2) is 0 Å². The average Bonchev–Trinajstić information content (AvgIpc) is 2.41. The lowest BCUT2D eigenvalue weighted by Gasteiger charge is -2.25. The van der Waals surface area contributed by atoms with Crippen LogP contribution in [-0.2, 0) is 10.0 Å². The Hall–Kier alpha value is -1.22. The molecule has 0 aliphatic heterocycles. The molecule has 0 amide bonds. The number of nitrogens with one attached hydrogen (secondary N) is 1. The standard InChI is InChI=1S/C12H15ClN2O5S/c13-11-6-5-10(7-12(11)15(17)18)21(19,20)14-8-1-3-9(16)4-2-8/h5-9,14,16H,1-4H2. The number of rotatable bonds is 4. The molecule has 0 bridgehead atoms. The van der Waals surface area contributed by atoms with E-state index in [1.54, 1.807) is 0 Å². The summed E-state index contributed by atoms with van der Waals surface area (Å²) in [6.07, 6.45) is 1.76. The highest BCUT2D eigenvalue weighted by Gasteiger charge is 2.26. The van der Waals surface area contributed by atoms with Gasteiger partial charge in [0.2, 0.25) is 10.0 Å². The van der Waals surface area contributed by atoms with E-state index in [9.17, 15) is 23.6 Å². The second kappa shape index (κ2) is 6.27. The van der Waals surface area contributed by atoms with Crippen LogP contribution in [0.1, 0.15) is 25.7 Å². The van der Waals surface area contributed by atoms with Crippen LogP contribution in [0, 0.1) is 10.1 Å². The third kappa shape index (κ3) is 3.91. The zero-order valence-corrected chi connectivity index (χ0v) is 12.6. The predicted molar refractivity (Wildman–Crippen MR) is 76.7 cm³/mol. The summed E-state index contributed by atoms with van der Waals surface area (Å²) in [5.41, 5.74) is -0.446. The van der Waals surface area contributed by atoms with Gasteiger partial charge < -0.3 is 5.11 Å². The maximum Gasteiger partial charge on any atom is 0.289 e. The number of nitrogens with zero attached hydrogens (tertiary/aromatic N) is 1. The second-order valence-electron chi connectivity index (χ2n) is 5.00. The zero-order chi connectivity index (χ0) is 15.6. The molecule has 0 aromatic heterocycles. The molecule has 2 rings (SSSR count). The highest BCUT2D eigenvalue weighted by atomic mass is 35.5. The van der Waals surface area contributed by atoms with E-state index in [1.165, 1.54) is 12.1 Å². The van der Waals surface area contributed by atoms with Crippen molar-refractivity contribution < 1.29 is 18.4 Å². The molecular formula is C12H15ClN2O5S. The first-order chi connectivity index (χ1) is 9.79. The number of nitro groups is 1. The molecule has 0 radical (unpaired) electrons. The topological polar surface area (TPSA) is 110 Å². The Morgan fingerprint density at radius 2 is 1.90 bits per heavy atom. The van der Waals surface area contributed by atoms with Crippen molar-refractivity contribution in [2.75, 3.05) is 0 Å². The summed E-state index contributed by atoms with van der Waals surface area (Å²) in [6, 6.07) is 3.10. The molecule has 21 heavy (non-hydrogen) atoms. The van der Waals surface area contributed by atoms with Crippen LogP contribution in [0.15, 0.2) is 23.1 Å². The maximum atomic E-state index is 12.2. The summed E-state index contributed by atoms with van der Waals surface area (Å²) in [6.45, 7) is 0. The number of aliphatic hydroxyl groups is 1. The van der Waals surface area contributed by atoms with E-state index in [0.29, 0.717) is 25.7 Å². The van der Waals surface area contributed by atoms with Gasteiger partial charge in [0.25, 0.3) is 5.69 Å². The van der Waals surface area contributed by atoms with Crippen molar-refractivity contribution in [2.45, 2.75) is 42.7 Å². The van der Waals surface area contributed by atoms with E-state index >= 15 is 0 Å². The summed E-state index contributed by atoms with van der Waals surface area (Å²) < 4.78 is 27.0. The van der Waals surface area contributed by atoms with Crippen LogP contribution in [0.25, 0.3) is 0 Å². The van der Waals surface area contributed by atoms with Gasteiger partial charge in [-0.15, -0.1) is 0 Å². The molecule has 1 aliphatic carbocycles. The minimum atomic E-state index is -3.84. The molecule has 1 aliphatic rings. The van der Waals surface area contributed by atoms with E-state index in [-0.39, 0.29) is 22.1 Å². The summed E-state index contributed by atoms with van der Waals surface area (Å²) >= 11 is 5.66. The van der Waals surface area contributed by atoms with Crippen LogP contribution < -0.4 is 4.72 Å². The lowest BCUT2D eigenvalue weighted by Crippen LogP contribution is -2.38. The molecule has 0 unspecified atom stereocenters. The van der Waals surface area contributed by atoms with Crippen molar-refractivity contribution in [2.24, 2.45) is 0 Å². The quantitative estimate of drug-likeness (QED) is 0.644. The number of benzene rings is 1. The third-order valence-electron chi connectivity index (χ3n) is 3.44. The highest BCUT2D eigenvalue weighted by molar-refractivity contribution is 7.89. The minimum Gasteiger partial charge on any atom is -0.393 e. The lowest BCUT2D eigenvalue weighted by atomic mass is 9.94. The van der Waals surface area contributed by atoms with E-state index in [2.05, 4.69) is 4.72 Å². The fourth-order valence-corrected chi connectivity index (χ4v) is 3.79. The summed E-state index contributed by atoms with van der Waals surface area (Å²) in [5.74, 6) is 0. The first kappa shape index (κ1) is 16.2. The van der Waals surface area contributed by atoms with Gasteiger partial charge in [0, 0.05) is 12.1 Å². The molecule has 0 atom stereocenters. The number of hydrogen-bond acceptors (Lipinski definition) is 5. The van der Waals surface area contributed by atoms with E-state index in [1.807, 2.05) is 0 Å². The molecule has 7 nitrogen and oxygen atoms in total. The minimum absolute atomic E-state index is 0.111. The van der Waals surface area contributed by atoms with Crippen LogP contribution in [0.3, 0.4) is 0 Å². The molecule has 0 heterocycles. The molecule has 0 spiro atoms. The monoisotopic (exact) mass is 334 g/mol. The zero-order valence-electron chi connectivity index (χ0n) is 11.0. The van der Waals surface area contributed by atoms with Crippen molar-refractivity contribution >= 4 is 27.3 Å². The van der Waals surface area contributed by atoms with Gasteiger partial charge in [0.1, 0.15) is 5.02 Å². The van der Waals surface area contributed by atoms with Crippen LogP contribution >= 0.6 is 11.6 Å². The SMILES string of the molecule is O=[N+]([O-])c1cc(S(=O)(=O)NC2CCC(O)CC2)ccc1Cl. The van der Waals surface area contributed by atoms with Crippen LogP contribution in [-0.4, -0.2) is 30.6 Å². The fraction of sp³-hybridized carbons (Fsp3) is 0.500. The van der Waals surface area contributed by atoms with Crippen molar-refractivity contribution in [3.63, 3.8) is 0 Å². The number of halogens is 1. The van der Waals surface area contributed by atoms with Crippen molar-refractivity contribution in [1.29, 1.82) is 0 Å². The van der Waals surface area contributed by atoms with E-state index < -0.39 is 20.6 Å². The number of hydrogen-bond donors (Lipinski definition) is 2.